The number of aromatic nitrogens is 2. The Kier molecular flexibility index (Phi) is 4.09. The second kappa shape index (κ2) is 5.63. The molecule has 0 saturated carbocycles. The number of carbonyl (C=O) groups is 1. The predicted octanol–water partition coefficient (Wildman–Crippen LogP) is 3.66. The van der Waals surface area contributed by atoms with Crippen molar-refractivity contribution in [2.45, 2.75) is 20.8 Å². The van der Waals surface area contributed by atoms with Gasteiger partial charge in [0, 0.05) is 21.8 Å². The Labute approximate surface area is 125 Å². The number of aliphatic carboxylic acids is 1. The van der Waals surface area contributed by atoms with Crippen molar-refractivity contribution in [2.75, 3.05) is 0 Å². The van der Waals surface area contributed by atoms with E-state index in [4.69, 9.17) is 5.11 Å². The third-order valence-electron chi connectivity index (χ3n) is 3.28. The van der Waals surface area contributed by atoms with Crippen LogP contribution in [0.15, 0.2) is 28.7 Å². The maximum Gasteiger partial charge on any atom is 0.328 e. The maximum absolute atomic E-state index is 10.7. The Hall–Kier alpha value is -1.88. The van der Waals surface area contributed by atoms with Gasteiger partial charge in [0.05, 0.1) is 11.4 Å². The average molecular weight is 335 g/mol. The molecule has 20 heavy (non-hydrogen) atoms. The largest absolute Gasteiger partial charge is 0.478 e. The Morgan fingerprint density at radius 2 is 2.05 bits per heavy atom. The van der Waals surface area contributed by atoms with Crippen LogP contribution in [-0.2, 0) is 4.79 Å². The zero-order valence-corrected chi connectivity index (χ0v) is 13.1. The molecule has 1 aromatic carbocycles. The van der Waals surface area contributed by atoms with Crippen LogP contribution in [0.25, 0.3) is 11.8 Å². The molecule has 0 fully saturated rings. The van der Waals surface area contributed by atoms with E-state index in [1.165, 1.54) is 0 Å². The minimum Gasteiger partial charge on any atom is -0.478 e. The molecule has 0 amide bonds. The third-order valence-corrected chi connectivity index (χ3v) is 3.77. The summed E-state index contributed by atoms with van der Waals surface area (Å²) >= 11 is 3.44. The smallest absolute Gasteiger partial charge is 0.328 e. The molecule has 2 aromatic rings. The number of rotatable bonds is 3. The van der Waals surface area contributed by atoms with Crippen molar-refractivity contribution in [1.29, 1.82) is 0 Å². The highest BCUT2D eigenvalue weighted by Crippen LogP contribution is 2.24. The fourth-order valence-corrected chi connectivity index (χ4v) is 2.31. The molecular formula is C15H15BrN2O2. The number of carboxylic acid groups (broad SMARTS) is 1. The van der Waals surface area contributed by atoms with E-state index in [0.29, 0.717) is 0 Å². The molecule has 1 heterocycles. The zero-order valence-electron chi connectivity index (χ0n) is 11.5. The third kappa shape index (κ3) is 2.82. The van der Waals surface area contributed by atoms with Crippen LogP contribution in [0.5, 0.6) is 0 Å². The summed E-state index contributed by atoms with van der Waals surface area (Å²) in [6, 6.07) is 5.68. The van der Waals surface area contributed by atoms with E-state index < -0.39 is 5.97 Å². The number of nitrogens with zero attached hydrogens (tertiary/aromatic N) is 2. The van der Waals surface area contributed by atoms with Crippen molar-refractivity contribution in [3.63, 3.8) is 0 Å². The highest BCUT2D eigenvalue weighted by atomic mass is 79.9. The molecule has 0 aliphatic heterocycles. The van der Waals surface area contributed by atoms with Gasteiger partial charge in [0.1, 0.15) is 0 Å². The summed E-state index contributed by atoms with van der Waals surface area (Å²) in [5.41, 5.74) is 4.81. The summed E-state index contributed by atoms with van der Waals surface area (Å²) in [7, 11) is 0. The second-order valence-electron chi connectivity index (χ2n) is 4.58. The van der Waals surface area contributed by atoms with Crippen molar-refractivity contribution >= 4 is 28.0 Å². The standard InChI is InChI=1S/C15H15BrN2O2/c1-9-10(2)17-18(11(9)3)14-8-13(16)6-4-12(14)5-7-15(19)20/h4-8H,1-3H3,(H,19,20)/b7-5+. The molecule has 2 rings (SSSR count). The molecule has 0 atom stereocenters. The fraction of sp³-hybridized carbons (Fsp3) is 0.200. The van der Waals surface area contributed by atoms with Crippen molar-refractivity contribution in [3.8, 4) is 5.69 Å². The molecule has 5 heteroatoms. The highest BCUT2D eigenvalue weighted by molar-refractivity contribution is 9.10. The first-order chi connectivity index (χ1) is 9.40. The van der Waals surface area contributed by atoms with E-state index >= 15 is 0 Å². The summed E-state index contributed by atoms with van der Waals surface area (Å²) in [5.74, 6) is -0.969. The van der Waals surface area contributed by atoms with E-state index in [9.17, 15) is 4.79 Å². The molecule has 0 saturated heterocycles. The molecule has 0 spiro atoms. The molecule has 0 bridgehead atoms. The van der Waals surface area contributed by atoms with Crippen LogP contribution >= 0.6 is 15.9 Å². The van der Waals surface area contributed by atoms with Gasteiger partial charge < -0.3 is 5.11 Å². The maximum atomic E-state index is 10.7. The van der Waals surface area contributed by atoms with Crippen LogP contribution in [0.1, 0.15) is 22.5 Å². The van der Waals surface area contributed by atoms with Crippen molar-refractivity contribution in [3.05, 3.63) is 51.3 Å². The molecule has 0 aliphatic rings. The fourth-order valence-electron chi connectivity index (χ4n) is 1.96. The summed E-state index contributed by atoms with van der Waals surface area (Å²) in [6.07, 6.45) is 2.71. The quantitative estimate of drug-likeness (QED) is 0.871. The van der Waals surface area contributed by atoms with Crippen LogP contribution in [0.2, 0.25) is 0 Å². The number of aryl methyl sites for hydroxylation is 1. The Morgan fingerprint density at radius 1 is 1.35 bits per heavy atom. The van der Waals surface area contributed by atoms with Gasteiger partial charge in [-0.25, -0.2) is 9.48 Å². The summed E-state index contributed by atoms with van der Waals surface area (Å²) in [6.45, 7) is 5.99. The number of carboxylic acids is 1. The molecule has 104 valence electrons. The van der Waals surface area contributed by atoms with Crippen LogP contribution in [-0.4, -0.2) is 20.9 Å². The molecule has 1 N–H and O–H groups in total. The van der Waals surface area contributed by atoms with Crippen molar-refractivity contribution in [1.82, 2.24) is 9.78 Å². The average Bonchev–Trinajstić information content (AvgIpc) is 2.65. The number of halogens is 1. The van der Waals surface area contributed by atoms with Gasteiger partial charge >= 0.3 is 5.97 Å². The highest BCUT2D eigenvalue weighted by Gasteiger charge is 2.12. The first-order valence-electron chi connectivity index (χ1n) is 6.14. The Morgan fingerprint density at radius 3 is 2.60 bits per heavy atom. The van der Waals surface area contributed by atoms with Gasteiger partial charge in [-0.1, -0.05) is 22.0 Å². The lowest BCUT2D eigenvalue weighted by atomic mass is 10.1. The van der Waals surface area contributed by atoms with Gasteiger partial charge in [-0.2, -0.15) is 5.10 Å². The van der Waals surface area contributed by atoms with Gasteiger partial charge in [-0.05, 0) is 44.5 Å². The van der Waals surface area contributed by atoms with Crippen LogP contribution in [0, 0.1) is 20.8 Å². The van der Waals surface area contributed by atoms with Crippen LogP contribution in [0.4, 0.5) is 0 Å². The minimum absolute atomic E-state index is 0.807. The molecule has 4 nitrogen and oxygen atoms in total. The lowest BCUT2D eigenvalue weighted by molar-refractivity contribution is -0.131. The number of hydrogen-bond acceptors (Lipinski definition) is 2. The molecular weight excluding hydrogens is 320 g/mol. The van der Waals surface area contributed by atoms with Gasteiger partial charge in [-0.15, -0.1) is 0 Å². The normalized spacial score (nSPS) is 11.2. The van der Waals surface area contributed by atoms with Gasteiger partial charge in [0.25, 0.3) is 0 Å². The zero-order chi connectivity index (χ0) is 14.9. The lowest BCUT2D eigenvalue weighted by Crippen LogP contribution is -2.02. The predicted molar refractivity (Wildman–Crippen MR) is 82.1 cm³/mol. The monoisotopic (exact) mass is 334 g/mol. The summed E-state index contributed by atoms with van der Waals surface area (Å²) in [4.78, 5) is 10.7. The molecule has 0 radical (unpaired) electrons. The van der Waals surface area contributed by atoms with E-state index in [-0.39, 0.29) is 0 Å². The molecule has 0 aliphatic carbocycles. The number of benzene rings is 1. The van der Waals surface area contributed by atoms with Gasteiger partial charge in [0.15, 0.2) is 0 Å². The van der Waals surface area contributed by atoms with E-state index in [1.54, 1.807) is 6.08 Å². The second-order valence-corrected chi connectivity index (χ2v) is 5.50. The first kappa shape index (κ1) is 14.5. The molecule has 1 aromatic heterocycles. The number of hydrogen-bond donors (Lipinski definition) is 1. The van der Waals surface area contributed by atoms with E-state index in [0.717, 1.165) is 38.8 Å². The van der Waals surface area contributed by atoms with Gasteiger partial charge in [0.2, 0.25) is 0 Å². The summed E-state index contributed by atoms with van der Waals surface area (Å²) < 4.78 is 2.77. The SMILES string of the molecule is Cc1nn(-c2cc(Br)ccc2/C=C/C(=O)O)c(C)c1C. The minimum atomic E-state index is -0.969. The van der Waals surface area contributed by atoms with E-state index in [1.807, 2.05) is 43.7 Å². The topological polar surface area (TPSA) is 55.1 Å². The van der Waals surface area contributed by atoms with Gasteiger partial charge in [-0.3, -0.25) is 0 Å². The van der Waals surface area contributed by atoms with Crippen LogP contribution in [0.3, 0.4) is 0 Å². The lowest BCUT2D eigenvalue weighted by Gasteiger charge is -2.09. The Bertz CT molecular complexity index is 702. The first-order valence-corrected chi connectivity index (χ1v) is 6.93. The van der Waals surface area contributed by atoms with Crippen molar-refractivity contribution < 1.29 is 9.90 Å². The molecule has 0 unspecified atom stereocenters. The Balaban J connectivity index is 2.62. The van der Waals surface area contributed by atoms with E-state index in [2.05, 4.69) is 21.0 Å². The van der Waals surface area contributed by atoms with Crippen LogP contribution < -0.4 is 0 Å². The van der Waals surface area contributed by atoms with Crippen molar-refractivity contribution in [2.24, 2.45) is 0 Å². The summed E-state index contributed by atoms with van der Waals surface area (Å²) in [5, 5.41) is 13.3.